The second-order valence-corrected chi connectivity index (χ2v) is 6.83. The third-order valence-electron chi connectivity index (χ3n) is 4.33. The Hall–Kier alpha value is -3.20. The summed E-state index contributed by atoms with van der Waals surface area (Å²) in [6, 6.07) is 10.7. The van der Waals surface area contributed by atoms with Gasteiger partial charge in [-0.2, -0.15) is 18.3 Å². The van der Waals surface area contributed by atoms with Gasteiger partial charge in [0.25, 0.3) is 5.91 Å². The van der Waals surface area contributed by atoms with Gasteiger partial charge in [0.2, 0.25) is 0 Å². The lowest BCUT2D eigenvalue weighted by Crippen LogP contribution is -2.26. The molecular weight excluding hydrogens is 435 g/mol. The SMILES string of the molecule is CCOc1ccc(CNC(=O)c2cnn(-c3ccc(Cl)cc3)c2C(F)(F)F)cc1OC. The summed E-state index contributed by atoms with van der Waals surface area (Å²) in [5.41, 5.74) is -0.990. The molecule has 2 aromatic carbocycles. The minimum atomic E-state index is -4.80. The predicted octanol–water partition coefficient (Wildman–Crippen LogP) is 4.88. The number of alkyl halides is 3. The van der Waals surface area contributed by atoms with Gasteiger partial charge in [-0.3, -0.25) is 4.79 Å². The molecule has 0 saturated heterocycles. The standard InChI is InChI=1S/C21H19ClF3N3O3/c1-3-31-17-9-4-13(10-18(17)30-2)11-26-20(29)16-12-27-28(19(16)21(23,24)25)15-7-5-14(22)6-8-15/h4-10,12H,3,11H2,1-2H3,(H,26,29). The topological polar surface area (TPSA) is 65.4 Å². The minimum Gasteiger partial charge on any atom is -0.493 e. The average Bonchev–Trinajstić information content (AvgIpc) is 3.19. The van der Waals surface area contributed by atoms with Gasteiger partial charge in [-0.1, -0.05) is 17.7 Å². The van der Waals surface area contributed by atoms with Crippen LogP contribution in [0.1, 0.15) is 28.5 Å². The molecule has 1 amide bonds. The Bertz CT molecular complexity index is 1070. The van der Waals surface area contributed by atoms with Crippen molar-refractivity contribution >= 4 is 17.5 Å². The van der Waals surface area contributed by atoms with Crippen LogP contribution in [0.25, 0.3) is 5.69 Å². The van der Waals surface area contributed by atoms with Gasteiger partial charge in [-0.15, -0.1) is 0 Å². The average molecular weight is 454 g/mol. The lowest BCUT2D eigenvalue weighted by Gasteiger charge is -2.14. The van der Waals surface area contributed by atoms with E-state index < -0.39 is 23.3 Å². The molecule has 0 radical (unpaired) electrons. The molecule has 1 N–H and O–H groups in total. The summed E-state index contributed by atoms with van der Waals surface area (Å²) in [7, 11) is 1.47. The summed E-state index contributed by atoms with van der Waals surface area (Å²) >= 11 is 5.80. The first kappa shape index (κ1) is 22.5. The Morgan fingerprint density at radius 1 is 1.16 bits per heavy atom. The van der Waals surface area contributed by atoms with E-state index in [-0.39, 0.29) is 12.2 Å². The lowest BCUT2D eigenvalue weighted by atomic mass is 10.1. The molecule has 31 heavy (non-hydrogen) atoms. The monoisotopic (exact) mass is 453 g/mol. The molecule has 0 aliphatic rings. The minimum absolute atomic E-state index is 0.00891. The molecule has 6 nitrogen and oxygen atoms in total. The first-order valence-electron chi connectivity index (χ1n) is 9.23. The molecule has 0 unspecified atom stereocenters. The molecule has 1 aromatic heterocycles. The quantitative estimate of drug-likeness (QED) is 0.553. The second-order valence-electron chi connectivity index (χ2n) is 6.39. The van der Waals surface area contributed by atoms with Gasteiger partial charge < -0.3 is 14.8 Å². The second kappa shape index (κ2) is 9.30. The number of nitrogens with one attached hydrogen (secondary N) is 1. The van der Waals surface area contributed by atoms with E-state index in [1.165, 1.54) is 31.4 Å². The summed E-state index contributed by atoms with van der Waals surface area (Å²) in [5.74, 6) is 0.0872. The number of amides is 1. The van der Waals surface area contributed by atoms with E-state index in [9.17, 15) is 18.0 Å². The highest BCUT2D eigenvalue weighted by atomic mass is 35.5. The molecule has 0 atom stereocenters. The molecule has 3 rings (SSSR count). The molecule has 0 saturated carbocycles. The van der Waals surface area contributed by atoms with Crippen LogP contribution in [-0.2, 0) is 12.7 Å². The Kier molecular flexibility index (Phi) is 6.74. The van der Waals surface area contributed by atoms with Crippen LogP contribution in [0.15, 0.2) is 48.7 Å². The maximum Gasteiger partial charge on any atom is 0.434 e. The van der Waals surface area contributed by atoms with Crippen LogP contribution >= 0.6 is 11.6 Å². The number of rotatable bonds is 7. The fourth-order valence-electron chi connectivity index (χ4n) is 2.94. The van der Waals surface area contributed by atoms with E-state index in [1.54, 1.807) is 18.2 Å². The number of carbonyl (C=O) groups is 1. The van der Waals surface area contributed by atoms with Gasteiger partial charge in [0.05, 0.1) is 31.2 Å². The Morgan fingerprint density at radius 2 is 1.87 bits per heavy atom. The number of hydrogen-bond donors (Lipinski definition) is 1. The first-order valence-corrected chi connectivity index (χ1v) is 9.61. The van der Waals surface area contributed by atoms with Gasteiger partial charge in [0.15, 0.2) is 17.2 Å². The smallest absolute Gasteiger partial charge is 0.434 e. The maximum absolute atomic E-state index is 13.7. The van der Waals surface area contributed by atoms with Gasteiger partial charge in [0, 0.05) is 11.6 Å². The summed E-state index contributed by atoms with van der Waals surface area (Å²) in [6.45, 7) is 2.27. The van der Waals surface area contributed by atoms with Crippen LogP contribution in [0.4, 0.5) is 13.2 Å². The van der Waals surface area contributed by atoms with Gasteiger partial charge in [-0.25, -0.2) is 4.68 Å². The highest BCUT2D eigenvalue weighted by Gasteiger charge is 2.40. The predicted molar refractivity (Wildman–Crippen MR) is 109 cm³/mol. The van der Waals surface area contributed by atoms with E-state index in [0.29, 0.717) is 33.4 Å². The highest BCUT2D eigenvalue weighted by molar-refractivity contribution is 6.30. The van der Waals surface area contributed by atoms with E-state index in [2.05, 4.69) is 10.4 Å². The zero-order valence-corrected chi connectivity index (χ0v) is 17.4. The van der Waals surface area contributed by atoms with Crippen LogP contribution in [-0.4, -0.2) is 29.4 Å². The Morgan fingerprint density at radius 3 is 2.48 bits per heavy atom. The van der Waals surface area contributed by atoms with Crippen molar-refractivity contribution in [2.75, 3.05) is 13.7 Å². The van der Waals surface area contributed by atoms with Crippen molar-refractivity contribution < 1.29 is 27.4 Å². The zero-order chi connectivity index (χ0) is 22.6. The zero-order valence-electron chi connectivity index (χ0n) is 16.7. The fraction of sp³-hybridized carbons (Fsp3) is 0.238. The Labute approximate surface area is 181 Å². The van der Waals surface area contributed by atoms with Crippen molar-refractivity contribution in [1.29, 1.82) is 0 Å². The van der Waals surface area contributed by atoms with Crippen molar-refractivity contribution in [3.8, 4) is 17.2 Å². The molecule has 0 aliphatic heterocycles. The molecule has 0 fully saturated rings. The van der Waals surface area contributed by atoms with Crippen LogP contribution < -0.4 is 14.8 Å². The van der Waals surface area contributed by atoms with Gasteiger partial charge >= 0.3 is 6.18 Å². The lowest BCUT2D eigenvalue weighted by molar-refractivity contribution is -0.143. The van der Waals surface area contributed by atoms with E-state index in [1.807, 2.05) is 6.92 Å². The first-order chi connectivity index (χ1) is 14.7. The fourth-order valence-corrected chi connectivity index (χ4v) is 3.07. The molecular formula is C21H19ClF3N3O3. The number of aromatic nitrogens is 2. The number of ether oxygens (including phenoxy) is 2. The normalized spacial score (nSPS) is 11.3. The van der Waals surface area contributed by atoms with Gasteiger partial charge in [0.1, 0.15) is 0 Å². The maximum atomic E-state index is 13.7. The van der Waals surface area contributed by atoms with Crippen LogP contribution in [0, 0.1) is 0 Å². The molecule has 0 bridgehead atoms. The molecule has 0 aliphatic carbocycles. The van der Waals surface area contributed by atoms with E-state index >= 15 is 0 Å². The Balaban J connectivity index is 1.84. The number of nitrogens with zero attached hydrogens (tertiary/aromatic N) is 2. The van der Waals surface area contributed by atoms with Crippen molar-refractivity contribution in [3.63, 3.8) is 0 Å². The van der Waals surface area contributed by atoms with Crippen molar-refractivity contribution in [2.24, 2.45) is 0 Å². The number of benzene rings is 2. The number of methoxy groups -OCH3 is 1. The molecule has 1 heterocycles. The number of hydrogen-bond acceptors (Lipinski definition) is 4. The third-order valence-corrected chi connectivity index (χ3v) is 4.59. The number of halogens is 4. The van der Waals surface area contributed by atoms with Crippen molar-refractivity contribution in [1.82, 2.24) is 15.1 Å². The number of carbonyl (C=O) groups excluding carboxylic acids is 1. The summed E-state index contributed by atoms with van der Waals surface area (Å²) in [4.78, 5) is 12.6. The summed E-state index contributed by atoms with van der Waals surface area (Å²) in [6.07, 6.45) is -3.91. The van der Waals surface area contributed by atoms with E-state index in [0.717, 1.165) is 6.20 Å². The molecule has 3 aromatic rings. The molecule has 0 spiro atoms. The molecule has 164 valence electrons. The van der Waals surface area contributed by atoms with Gasteiger partial charge in [-0.05, 0) is 48.9 Å². The molecule has 10 heteroatoms. The van der Waals surface area contributed by atoms with Crippen LogP contribution in [0.3, 0.4) is 0 Å². The van der Waals surface area contributed by atoms with Crippen molar-refractivity contribution in [2.45, 2.75) is 19.6 Å². The van der Waals surface area contributed by atoms with Crippen molar-refractivity contribution in [3.05, 3.63) is 70.5 Å². The summed E-state index contributed by atoms with van der Waals surface area (Å²) < 4.78 is 52.6. The van der Waals surface area contributed by atoms with Crippen LogP contribution in [0.5, 0.6) is 11.5 Å². The largest absolute Gasteiger partial charge is 0.493 e. The van der Waals surface area contributed by atoms with E-state index in [4.69, 9.17) is 21.1 Å². The summed E-state index contributed by atoms with van der Waals surface area (Å²) in [5, 5.41) is 6.64. The third kappa shape index (κ3) is 5.11. The van der Waals surface area contributed by atoms with Crippen LogP contribution in [0.2, 0.25) is 5.02 Å². The highest BCUT2D eigenvalue weighted by Crippen LogP contribution is 2.34.